The zero-order valence-corrected chi connectivity index (χ0v) is 11.3. The molecule has 19 heavy (non-hydrogen) atoms. The van der Waals surface area contributed by atoms with Gasteiger partial charge in [0.05, 0.1) is 11.4 Å². The topological polar surface area (TPSA) is 56.2 Å². The Morgan fingerprint density at radius 3 is 2.63 bits per heavy atom. The van der Waals surface area contributed by atoms with E-state index in [4.69, 9.17) is 4.74 Å². The average molecular weight is 259 g/mol. The molecule has 0 radical (unpaired) electrons. The van der Waals surface area contributed by atoms with Crippen molar-refractivity contribution in [3.05, 3.63) is 47.8 Å². The van der Waals surface area contributed by atoms with Gasteiger partial charge in [0.1, 0.15) is 6.10 Å². The molecule has 1 aromatic heterocycles. The van der Waals surface area contributed by atoms with E-state index in [9.17, 15) is 4.79 Å². The molecule has 1 N–H and O–H groups in total. The number of hydrogen-bond donors (Lipinski definition) is 1. The molecule has 0 spiro atoms. The Morgan fingerprint density at radius 2 is 2.05 bits per heavy atom. The van der Waals surface area contributed by atoms with Crippen molar-refractivity contribution >= 4 is 11.8 Å². The predicted octanol–water partition coefficient (Wildman–Crippen LogP) is 3.04. The van der Waals surface area contributed by atoms with Crippen LogP contribution in [-0.4, -0.2) is 15.9 Å². The summed E-state index contributed by atoms with van der Waals surface area (Å²) in [4.78, 5) is 11.8. The van der Waals surface area contributed by atoms with Crippen molar-refractivity contribution in [2.75, 3.05) is 5.32 Å². The van der Waals surface area contributed by atoms with Gasteiger partial charge in [-0.05, 0) is 19.4 Å². The number of carbonyl (C=O) groups is 1. The summed E-state index contributed by atoms with van der Waals surface area (Å²) in [6.07, 6.45) is 0.967. The Bertz CT molecular complexity index is 563. The highest BCUT2D eigenvalue weighted by molar-refractivity contribution is 5.85. The molecule has 2 aromatic rings. The van der Waals surface area contributed by atoms with Gasteiger partial charge in [-0.3, -0.25) is 10.00 Å². The van der Waals surface area contributed by atoms with Crippen molar-refractivity contribution in [2.45, 2.75) is 20.0 Å². The van der Waals surface area contributed by atoms with Gasteiger partial charge < -0.3 is 4.74 Å². The van der Waals surface area contributed by atoms with Crippen molar-refractivity contribution in [3.63, 3.8) is 0 Å². The molecular formula is C14H17N3O2. The molecule has 0 saturated heterocycles. The minimum absolute atomic E-state index is 0.293. The number of aromatic nitrogens is 2. The molecule has 1 unspecified atom stereocenters. The lowest BCUT2D eigenvalue weighted by molar-refractivity contribution is 0.121. The maximum atomic E-state index is 11.8. The molecule has 5 nitrogen and oxygen atoms in total. The minimum Gasteiger partial charge on any atom is -0.441 e. The summed E-state index contributed by atoms with van der Waals surface area (Å²) >= 11 is 0. The van der Waals surface area contributed by atoms with Crippen LogP contribution in [0.1, 0.15) is 24.3 Å². The molecule has 0 aliphatic carbocycles. The second-order valence-corrected chi connectivity index (χ2v) is 4.39. The summed E-state index contributed by atoms with van der Waals surface area (Å²) in [5, 5.41) is 6.84. The summed E-state index contributed by atoms with van der Waals surface area (Å²) in [6, 6.07) is 9.60. The van der Waals surface area contributed by atoms with Gasteiger partial charge in [0.2, 0.25) is 0 Å². The highest BCUT2D eigenvalue weighted by Gasteiger charge is 2.13. The molecule has 0 saturated carbocycles. The van der Waals surface area contributed by atoms with Crippen molar-refractivity contribution < 1.29 is 9.53 Å². The smallest absolute Gasteiger partial charge is 0.412 e. The maximum Gasteiger partial charge on any atom is 0.412 e. The molecular weight excluding hydrogens is 242 g/mol. The number of carbonyl (C=O) groups excluding carboxylic acids is 1. The third kappa shape index (κ3) is 3.34. The van der Waals surface area contributed by atoms with Crippen molar-refractivity contribution in [2.24, 2.45) is 7.05 Å². The Hall–Kier alpha value is -2.30. The number of nitrogens with one attached hydrogen (secondary N) is 1. The van der Waals surface area contributed by atoms with Gasteiger partial charge in [-0.1, -0.05) is 30.3 Å². The first kappa shape index (κ1) is 13.1. The standard InChI is InChI=1S/C14H17N3O2/c1-10-13(9-17(3)16-10)15-14(18)19-11(2)12-7-5-4-6-8-12/h4-9,11H,1-3H3,(H,15,18). The molecule has 0 aliphatic heterocycles. The molecule has 1 heterocycles. The highest BCUT2D eigenvalue weighted by atomic mass is 16.6. The quantitative estimate of drug-likeness (QED) is 0.921. The van der Waals surface area contributed by atoms with E-state index in [0.717, 1.165) is 11.3 Å². The van der Waals surface area contributed by atoms with Crippen LogP contribution in [0.3, 0.4) is 0 Å². The van der Waals surface area contributed by atoms with Gasteiger partial charge in [0.15, 0.2) is 0 Å². The van der Waals surface area contributed by atoms with E-state index in [1.807, 2.05) is 44.2 Å². The molecule has 100 valence electrons. The van der Waals surface area contributed by atoms with Gasteiger partial charge in [-0.2, -0.15) is 5.10 Å². The first-order valence-electron chi connectivity index (χ1n) is 6.09. The number of nitrogens with zero attached hydrogens (tertiary/aromatic N) is 2. The summed E-state index contributed by atoms with van der Waals surface area (Å²) in [6.45, 7) is 3.67. The average Bonchev–Trinajstić information content (AvgIpc) is 2.68. The molecule has 5 heteroatoms. The lowest BCUT2D eigenvalue weighted by Gasteiger charge is -2.13. The number of benzene rings is 1. The fourth-order valence-corrected chi connectivity index (χ4v) is 1.81. The van der Waals surface area contributed by atoms with Crippen LogP contribution in [0.25, 0.3) is 0 Å². The summed E-state index contributed by atoms with van der Waals surface area (Å²) in [5.74, 6) is 0. The number of ether oxygens (including phenoxy) is 1. The van der Waals surface area contributed by atoms with E-state index < -0.39 is 6.09 Å². The van der Waals surface area contributed by atoms with Crippen LogP contribution in [0.4, 0.5) is 10.5 Å². The fourth-order valence-electron chi connectivity index (χ4n) is 1.81. The third-order valence-electron chi connectivity index (χ3n) is 2.80. The first-order valence-corrected chi connectivity index (χ1v) is 6.09. The van der Waals surface area contributed by atoms with Crippen LogP contribution in [0, 0.1) is 6.92 Å². The van der Waals surface area contributed by atoms with Gasteiger partial charge in [0.25, 0.3) is 0 Å². The Kier molecular flexibility index (Phi) is 3.85. The predicted molar refractivity (Wildman–Crippen MR) is 72.9 cm³/mol. The van der Waals surface area contributed by atoms with Crippen molar-refractivity contribution in [1.29, 1.82) is 0 Å². The molecule has 0 aliphatic rings. The van der Waals surface area contributed by atoms with E-state index in [1.54, 1.807) is 17.9 Å². The largest absolute Gasteiger partial charge is 0.441 e. The maximum absolute atomic E-state index is 11.8. The Morgan fingerprint density at radius 1 is 1.37 bits per heavy atom. The van der Waals surface area contributed by atoms with E-state index >= 15 is 0 Å². The van der Waals surface area contributed by atoms with Crippen molar-refractivity contribution in [3.8, 4) is 0 Å². The van der Waals surface area contributed by atoms with Gasteiger partial charge in [0, 0.05) is 13.2 Å². The van der Waals surface area contributed by atoms with E-state index in [-0.39, 0.29) is 6.10 Å². The minimum atomic E-state index is -0.479. The summed E-state index contributed by atoms with van der Waals surface area (Å²) in [7, 11) is 1.80. The number of rotatable bonds is 3. The zero-order chi connectivity index (χ0) is 13.8. The molecule has 0 bridgehead atoms. The molecule has 2 rings (SSSR count). The lowest BCUT2D eigenvalue weighted by atomic mass is 10.1. The Labute approximate surface area is 112 Å². The summed E-state index contributed by atoms with van der Waals surface area (Å²) < 4.78 is 6.96. The summed E-state index contributed by atoms with van der Waals surface area (Å²) in [5.41, 5.74) is 2.38. The van der Waals surface area contributed by atoms with Crippen LogP contribution >= 0.6 is 0 Å². The number of aryl methyl sites for hydroxylation is 2. The van der Waals surface area contributed by atoms with E-state index in [2.05, 4.69) is 10.4 Å². The molecule has 0 fully saturated rings. The molecule has 1 aromatic carbocycles. The number of hydrogen-bond acceptors (Lipinski definition) is 3. The SMILES string of the molecule is Cc1nn(C)cc1NC(=O)OC(C)c1ccccc1. The second-order valence-electron chi connectivity index (χ2n) is 4.39. The lowest BCUT2D eigenvalue weighted by Crippen LogP contribution is -2.16. The van der Waals surface area contributed by atoms with Crippen LogP contribution < -0.4 is 5.32 Å². The number of anilines is 1. The van der Waals surface area contributed by atoms with Crippen molar-refractivity contribution in [1.82, 2.24) is 9.78 Å². The Balaban J connectivity index is 1.96. The first-order chi connectivity index (χ1) is 9.06. The fraction of sp³-hybridized carbons (Fsp3) is 0.286. The van der Waals surface area contributed by atoms with E-state index in [1.165, 1.54) is 0 Å². The van der Waals surface area contributed by atoms with E-state index in [0.29, 0.717) is 5.69 Å². The van der Waals surface area contributed by atoms with Gasteiger partial charge in [-0.25, -0.2) is 4.79 Å². The molecule has 1 amide bonds. The third-order valence-corrected chi connectivity index (χ3v) is 2.80. The van der Waals surface area contributed by atoms with Crippen LogP contribution in [0.15, 0.2) is 36.5 Å². The van der Waals surface area contributed by atoms with Crippen LogP contribution in [0.2, 0.25) is 0 Å². The van der Waals surface area contributed by atoms with Crippen LogP contribution in [0.5, 0.6) is 0 Å². The second kappa shape index (κ2) is 5.56. The van der Waals surface area contributed by atoms with Crippen LogP contribution in [-0.2, 0) is 11.8 Å². The number of amides is 1. The van der Waals surface area contributed by atoms with Gasteiger partial charge >= 0.3 is 6.09 Å². The normalized spacial score (nSPS) is 11.9. The monoisotopic (exact) mass is 259 g/mol. The van der Waals surface area contributed by atoms with Gasteiger partial charge in [-0.15, -0.1) is 0 Å². The highest BCUT2D eigenvalue weighted by Crippen LogP contribution is 2.18. The molecule has 1 atom stereocenters. The zero-order valence-electron chi connectivity index (χ0n) is 11.3.